The molecular formula is C19H23N5O2. The highest BCUT2D eigenvalue weighted by atomic mass is 16.2. The number of carbonyl (C=O) groups excluding carboxylic acids is 2. The summed E-state index contributed by atoms with van der Waals surface area (Å²) in [6.07, 6.45) is 4.38. The molecule has 0 aliphatic heterocycles. The maximum Gasteiger partial charge on any atom is 0.270 e. The van der Waals surface area contributed by atoms with Gasteiger partial charge in [0.05, 0.1) is 0 Å². The van der Waals surface area contributed by atoms with E-state index in [0.29, 0.717) is 23.0 Å². The van der Waals surface area contributed by atoms with Gasteiger partial charge >= 0.3 is 0 Å². The highest BCUT2D eigenvalue weighted by molar-refractivity contribution is 5.93. The zero-order chi connectivity index (χ0) is 18.5. The van der Waals surface area contributed by atoms with Crippen LogP contribution in [0.1, 0.15) is 48.8 Å². The number of amides is 2. The summed E-state index contributed by atoms with van der Waals surface area (Å²) in [7, 11) is 0. The number of aryl methyl sites for hydroxylation is 1. The van der Waals surface area contributed by atoms with Gasteiger partial charge in [-0.25, -0.2) is 9.97 Å². The normalized spacial score (nSPS) is 14.1. The van der Waals surface area contributed by atoms with E-state index in [4.69, 9.17) is 0 Å². The maximum atomic E-state index is 12.4. The molecule has 1 aliphatic rings. The molecule has 1 aromatic heterocycles. The van der Waals surface area contributed by atoms with E-state index >= 15 is 0 Å². The van der Waals surface area contributed by atoms with Crippen LogP contribution in [0.25, 0.3) is 0 Å². The summed E-state index contributed by atoms with van der Waals surface area (Å²) in [5, 5.41) is 8.85. The molecule has 0 unspecified atom stereocenters. The number of benzene rings is 1. The van der Waals surface area contributed by atoms with E-state index in [1.165, 1.54) is 6.92 Å². The molecule has 3 rings (SSSR count). The zero-order valence-electron chi connectivity index (χ0n) is 15.0. The molecular weight excluding hydrogens is 330 g/mol. The molecule has 0 radical (unpaired) electrons. The average Bonchev–Trinajstić information content (AvgIpc) is 3.08. The van der Waals surface area contributed by atoms with Crippen LogP contribution in [-0.4, -0.2) is 27.8 Å². The van der Waals surface area contributed by atoms with Crippen LogP contribution >= 0.6 is 0 Å². The summed E-state index contributed by atoms with van der Waals surface area (Å²) in [5.74, 6) is 0.0888. The van der Waals surface area contributed by atoms with Gasteiger partial charge in [0.1, 0.15) is 5.69 Å². The Bertz CT molecular complexity index is 798. The number of hydrogen-bond acceptors (Lipinski definition) is 5. The lowest BCUT2D eigenvalue weighted by atomic mass is 10.2. The summed E-state index contributed by atoms with van der Waals surface area (Å²) in [6, 6.07) is 9.14. The number of anilines is 3. The van der Waals surface area contributed by atoms with Crippen LogP contribution in [-0.2, 0) is 4.79 Å². The zero-order valence-corrected chi connectivity index (χ0v) is 15.0. The van der Waals surface area contributed by atoms with Gasteiger partial charge in [0, 0.05) is 30.0 Å². The van der Waals surface area contributed by atoms with Crippen molar-refractivity contribution in [2.45, 2.75) is 45.6 Å². The molecule has 1 heterocycles. The topological polar surface area (TPSA) is 96.0 Å². The third-order valence-corrected chi connectivity index (χ3v) is 4.24. The Morgan fingerprint density at radius 3 is 2.35 bits per heavy atom. The van der Waals surface area contributed by atoms with Gasteiger partial charge in [-0.05, 0) is 50.1 Å². The van der Waals surface area contributed by atoms with E-state index in [1.807, 2.05) is 19.1 Å². The van der Waals surface area contributed by atoms with Crippen molar-refractivity contribution >= 4 is 29.1 Å². The van der Waals surface area contributed by atoms with E-state index in [0.717, 1.165) is 31.4 Å². The van der Waals surface area contributed by atoms with Gasteiger partial charge in [0.25, 0.3) is 5.91 Å². The van der Waals surface area contributed by atoms with Crippen molar-refractivity contribution in [3.05, 3.63) is 41.7 Å². The van der Waals surface area contributed by atoms with Crippen molar-refractivity contribution in [3.8, 4) is 0 Å². The fraction of sp³-hybridized carbons (Fsp3) is 0.368. The van der Waals surface area contributed by atoms with Crippen LogP contribution < -0.4 is 16.0 Å². The third-order valence-electron chi connectivity index (χ3n) is 4.24. The molecule has 1 fully saturated rings. The standard InChI is InChI=1S/C19H23N5O2/c1-12-11-17(18(26)22-14-5-3-4-6-14)24-19(20-12)23-16-9-7-15(8-10-16)21-13(2)25/h7-11,14H,3-6H2,1-2H3,(H,21,25)(H,22,26)(H,20,23,24). The predicted molar refractivity (Wildman–Crippen MR) is 101 cm³/mol. The van der Waals surface area contributed by atoms with Crippen LogP contribution in [0.3, 0.4) is 0 Å². The summed E-state index contributed by atoms with van der Waals surface area (Å²) in [5.41, 5.74) is 2.56. The first kappa shape index (κ1) is 17.8. The quantitative estimate of drug-likeness (QED) is 0.767. The van der Waals surface area contributed by atoms with Crippen molar-refractivity contribution in [1.82, 2.24) is 15.3 Å². The van der Waals surface area contributed by atoms with E-state index in [1.54, 1.807) is 18.2 Å². The molecule has 1 aromatic carbocycles. The lowest BCUT2D eigenvalue weighted by Gasteiger charge is -2.13. The lowest BCUT2D eigenvalue weighted by Crippen LogP contribution is -2.33. The van der Waals surface area contributed by atoms with Gasteiger partial charge in [-0.3, -0.25) is 9.59 Å². The second kappa shape index (κ2) is 7.95. The molecule has 136 valence electrons. The van der Waals surface area contributed by atoms with Crippen molar-refractivity contribution in [2.75, 3.05) is 10.6 Å². The van der Waals surface area contributed by atoms with Gasteiger partial charge in [-0.15, -0.1) is 0 Å². The minimum Gasteiger partial charge on any atom is -0.348 e. The minimum atomic E-state index is -0.161. The second-order valence-corrected chi connectivity index (χ2v) is 6.56. The van der Waals surface area contributed by atoms with Gasteiger partial charge in [-0.2, -0.15) is 0 Å². The minimum absolute atomic E-state index is 0.120. The van der Waals surface area contributed by atoms with Crippen LogP contribution in [0.4, 0.5) is 17.3 Å². The summed E-state index contributed by atoms with van der Waals surface area (Å²) in [4.78, 5) is 32.2. The first-order valence-electron chi connectivity index (χ1n) is 8.81. The SMILES string of the molecule is CC(=O)Nc1ccc(Nc2nc(C)cc(C(=O)NC3CCCC3)n2)cc1. The first-order chi connectivity index (χ1) is 12.5. The molecule has 0 saturated heterocycles. The Balaban J connectivity index is 1.70. The monoisotopic (exact) mass is 353 g/mol. The molecule has 26 heavy (non-hydrogen) atoms. The Morgan fingerprint density at radius 1 is 1.04 bits per heavy atom. The first-order valence-corrected chi connectivity index (χ1v) is 8.81. The fourth-order valence-corrected chi connectivity index (χ4v) is 3.04. The van der Waals surface area contributed by atoms with Crippen LogP contribution in [0.5, 0.6) is 0 Å². The maximum absolute atomic E-state index is 12.4. The number of carbonyl (C=O) groups is 2. The van der Waals surface area contributed by atoms with Crippen molar-refractivity contribution in [2.24, 2.45) is 0 Å². The summed E-state index contributed by atoms with van der Waals surface area (Å²) in [6.45, 7) is 3.30. The molecule has 0 spiro atoms. The Labute approximate surface area is 152 Å². The number of rotatable bonds is 5. The van der Waals surface area contributed by atoms with Gasteiger partial charge in [0.15, 0.2) is 0 Å². The molecule has 1 aliphatic carbocycles. The Hall–Kier alpha value is -2.96. The van der Waals surface area contributed by atoms with Crippen molar-refractivity contribution in [3.63, 3.8) is 0 Å². The average molecular weight is 353 g/mol. The van der Waals surface area contributed by atoms with Crippen LogP contribution in [0.2, 0.25) is 0 Å². The number of hydrogen-bond donors (Lipinski definition) is 3. The smallest absolute Gasteiger partial charge is 0.270 e. The summed E-state index contributed by atoms with van der Waals surface area (Å²) < 4.78 is 0. The van der Waals surface area contributed by atoms with E-state index in [9.17, 15) is 9.59 Å². The molecule has 7 heteroatoms. The van der Waals surface area contributed by atoms with Crippen LogP contribution in [0.15, 0.2) is 30.3 Å². The number of aromatic nitrogens is 2. The Morgan fingerprint density at radius 2 is 1.69 bits per heavy atom. The molecule has 2 aromatic rings. The van der Waals surface area contributed by atoms with Gasteiger partial charge < -0.3 is 16.0 Å². The highest BCUT2D eigenvalue weighted by Crippen LogP contribution is 2.19. The van der Waals surface area contributed by atoms with Crippen molar-refractivity contribution in [1.29, 1.82) is 0 Å². The second-order valence-electron chi connectivity index (χ2n) is 6.56. The van der Waals surface area contributed by atoms with E-state index in [-0.39, 0.29) is 17.9 Å². The third kappa shape index (κ3) is 4.78. The highest BCUT2D eigenvalue weighted by Gasteiger charge is 2.19. The fourth-order valence-electron chi connectivity index (χ4n) is 3.04. The molecule has 0 atom stereocenters. The predicted octanol–water partition coefficient (Wildman–Crippen LogP) is 3.16. The van der Waals surface area contributed by atoms with E-state index in [2.05, 4.69) is 25.9 Å². The Kier molecular flexibility index (Phi) is 5.46. The molecule has 7 nitrogen and oxygen atoms in total. The lowest BCUT2D eigenvalue weighted by molar-refractivity contribution is -0.114. The molecule has 0 bridgehead atoms. The van der Waals surface area contributed by atoms with E-state index < -0.39 is 0 Å². The van der Waals surface area contributed by atoms with Gasteiger partial charge in [-0.1, -0.05) is 12.8 Å². The van der Waals surface area contributed by atoms with Crippen molar-refractivity contribution < 1.29 is 9.59 Å². The largest absolute Gasteiger partial charge is 0.348 e. The number of nitrogens with one attached hydrogen (secondary N) is 3. The van der Waals surface area contributed by atoms with Crippen LogP contribution in [0, 0.1) is 6.92 Å². The number of nitrogens with zero attached hydrogens (tertiary/aromatic N) is 2. The summed E-state index contributed by atoms with van der Waals surface area (Å²) >= 11 is 0. The molecule has 1 saturated carbocycles. The molecule has 2 amide bonds. The molecule has 3 N–H and O–H groups in total. The van der Waals surface area contributed by atoms with Gasteiger partial charge in [0.2, 0.25) is 11.9 Å².